The summed E-state index contributed by atoms with van der Waals surface area (Å²) in [6.45, 7) is 1.97. The molecule has 130 valence electrons. The molecule has 0 aromatic carbocycles. The third-order valence-electron chi connectivity index (χ3n) is 4.53. The van der Waals surface area contributed by atoms with Crippen molar-refractivity contribution < 1.29 is 23.1 Å². The van der Waals surface area contributed by atoms with Gasteiger partial charge in [-0.25, -0.2) is 4.98 Å². The van der Waals surface area contributed by atoms with Crippen molar-refractivity contribution in [2.24, 2.45) is 13.0 Å². The van der Waals surface area contributed by atoms with Crippen LogP contribution in [0.15, 0.2) is 12.4 Å². The molecule has 2 N–H and O–H groups in total. The molecule has 1 aromatic heterocycles. The van der Waals surface area contributed by atoms with Crippen LogP contribution in [-0.4, -0.2) is 32.8 Å². The number of amides is 1. The van der Waals surface area contributed by atoms with Crippen LogP contribution in [0.5, 0.6) is 0 Å². The van der Waals surface area contributed by atoms with Crippen molar-refractivity contribution >= 4 is 5.91 Å². The summed E-state index contributed by atoms with van der Waals surface area (Å²) in [5, 5.41) is 12.8. The number of hydrogen-bond acceptors (Lipinski definition) is 3. The quantitative estimate of drug-likeness (QED) is 0.888. The summed E-state index contributed by atoms with van der Waals surface area (Å²) < 4.78 is 41.2. The highest BCUT2D eigenvalue weighted by Crippen LogP contribution is 2.40. The van der Waals surface area contributed by atoms with E-state index in [0.717, 1.165) is 36.4 Å². The second-order valence-corrected chi connectivity index (χ2v) is 6.33. The molecule has 0 radical (unpaired) electrons. The average Bonchev–Trinajstić information content (AvgIpc) is 2.86. The number of nitrogens with one attached hydrogen (secondary N) is 1. The fraction of sp³-hybridized carbons (Fsp3) is 0.733. The highest BCUT2D eigenvalue weighted by Gasteiger charge is 2.58. The van der Waals surface area contributed by atoms with Crippen molar-refractivity contribution in [2.75, 3.05) is 0 Å². The van der Waals surface area contributed by atoms with Crippen LogP contribution in [0.4, 0.5) is 13.2 Å². The van der Waals surface area contributed by atoms with Gasteiger partial charge in [0.05, 0.1) is 6.42 Å². The third kappa shape index (κ3) is 3.68. The van der Waals surface area contributed by atoms with Gasteiger partial charge >= 0.3 is 6.18 Å². The second kappa shape index (κ2) is 6.51. The number of aryl methyl sites for hydroxylation is 1. The second-order valence-electron chi connectivity index (χ2n) is 6.33. The van der Waals surface area contributed by atoms with E-state index >= 15 is 0 Å². The third-order valence-corrected chi connectivity index (χ3v) is 4.53. The fourth-order valence-corrected chi connectivity index (χ4v) is 3.09. The lowest BCUT2D eigenvalue weighted by Gasteiger charge is -2.32. The molecule has 0 bridgehead atoms. The number of halogens is 3. The number of alkyl halides is 3. The van der Waals surface area contributed by atoms with E-state index in [9.17, 15) is 23.1 Å². The lowest BCUT2D eigenvalue weighted by atomic mass is 9.85. The maximum absolute atomic E-state index is 13.4. The maximum Gasteiger partial charge on any atom is 0.425 e. The van der Waals surface area contributed by atoms with E-state index in [-0.39, 0.29) is 12.0 Å². The molecule has 0 unspecified atom stereocenters. The number of imidazole rings is 1. The summed E-state index contributed by atoms with van der Waals surface area (Å²) in [5.74, 6) is -1.18. The van der Waals surface area contributed by atoms with Crippen molar-refractivity contribution in [2.45, 2.75) is 56.8 Å². The van der Waals surface area contributed by atoms with Gasteiger partial charge in [0.1, 0.15) is 0 Å². The summed E-state index contributed by atoms with van der Waals surface area (Å²) in [6, 6.07) is -0.143. The van der Waals surface area contributed by atoms with E-state index < -0.39 is 29.9 Å². The molecule has 5 nitrogen and oxygen atoms in total. The zero-order valence-corrected chi connectivity index (χ0v) is 13.2. The monoisotopic (exact) mass is 333 g/mol. The summed E-state index contributed by atoms with van der Waals surface area (Å²) in [4.78, 5) is 15.7. The topological polar surface area (TPSA) is 67.2 Å². The van der Waals surface area contributed by atoms with Gasteiger partial charge in [0.25, 0.3) is 0 Å². The van der Waals surface area contributed by atoms with Crippen LogP contribution in [0.1, 0.15) is 44.9 Å². The normalized spacial score (nSPS) is 25.0. The van der Waals surface area contributed by atoms with Crippen molar-refractivity contribution in [3.8, 4) is 0 Å². The van der Waals surface area contributed by atoms with Gasteiger partial charge < -0.3 is 15.0 Å². The van der Waals surface area contributed by atoms with Gasteiger partial charge in [-0.05, 0) is 18.8 Å². The van der Waals surface area contributed by atoms with Crippen LogP contribution < -0.4 is 5.32 Å². The first kappa shape index (κ1) is 17.8. The van der Waals surface area contributed by atoms with Crippen molar-refractivity contribution in [3.63, 3.8) is 0 Å². The Hall–Kier alpha value is -1.57. The van der Waals surface area contributed by atoms with Gasteiger partial charge in [-0.15, -0.1) is 0 Å². The molecule has 1 saturated carbocycles. The summed E-state index contributed by atoms with van der Waals surface area (Å²) in [6.07, 6.45) is 0.0611. The molecule has 23 heavy (non-hydrogen) atoms. The molecule has 2 rings (SSSR count). The minimum atomic E-state index is -5.00. The molecule has 0 saturated heterocycles. The number of hydrogen-bond donors (Lipinski definition) is 2. The first-order valence-electron chi connectivity index (χ1n) is 7.71. The van der Waals surface area contributed by atoms with Gasteiger partial charge in [-0.2, -0.15) is 13.2 Å². The Morgan fingerprint density at radius 1 is 1.43 bits per heavy atom. The van der Waals surface area contributed by atoms with E-state index in [2.05, 4.69) is 10.3 Å². The fourth-order valence-electron chi connectivity index (χ4n) is 3.09. The molecule has 1 fully saturated rings. The Balaban J connectivity index is 2.15. The summed E-state index contributed by atoms with van der Waals surface area (Å²) in [5.41, 5.74) is -3.30. The van der Waals surface area contributed by atoms with Crippen LogP contribution in [0, 0.1) is 5.92 Å². The lowest BCUT2D eigenvalue weighted by Crippen LogP contribution is -2.50. The molecule has 1 aromatic rings. The van der Waals surface area contributed by atoms with Crippen LogP contribution in [0.3, 0.4) is 0 Å². The predicted molar refractivity (Wildman–Crippen MR) is 77.3 cm³/mol. The smallest absolute Gasteiger partial charge is 0.374 e. The minimum absolute atomic E-state index is 0.143. The SMILES string of the molecule is C[C@@H]1CCCC[C@@H]1NC(=O)C[C@@](O)(c1nccn1C)C(F)(F)F. The van der Waals surface area contributed by atoms with Crippen LogP contribution in [0.2, 0.25) is 0 Å². The Labute approximate surface area is 132 Å². The van der Waals surface area contributed by atoms with E-state index in [0.29, 0.717) is 0 Å². The molecule has 0 spiro atoms. The minimum Gasteiger partial charge on any atom is -0.374 e. The molecule has 1 amide bonds. The van der Waals surface area contributed by atoms with E-state index in [4.69, 9.17) is 0 Å². The molecule has 1 aliphatic rings. The van der Waals surface area contributed by atoms with Crippen molar-refractivity contribution in [3.05, 3.63) is 18.2 Å². The number of nitrogens with zero attached hydrogens (tertiary/aromatic N) is 2. The Morgan fingerprint density at radius 2 is 2.09 bits per heavy atom. The molecule has 1 aliphatic carbocycles. The number of aliphatic hydroxyl groups is 1. The number of rotatable bonds is 4. The number of aromatic nitrogens is 2. The molecule has 3 atom stereocenters. The van der Waals surface area contributed by atoms with Gasteiger partial charge in [-0.3, -0.25) is 4.79 Å². The lowest BCUT2D eigenvalue weighted by molar-refractivity contribution is -0.271. The standard InChI is InChI=1S/C15H22F3N3O2/c1-10-5-3-4-6-11(10)20-12(22)9-14(23,15(16,17)18)13-19-7-8-21(13)2/h7-8,10-11,23H,3-6,9H2,1-2H3,(H,20,22)/t10-,11+,14-/m1/s1. The first-order chi connectivity index (χ1) is 10.6. The zero-order chi connectivity index (χ0) is 17.3. The van der Waals surface area contributed by atoms with Gasteiger partial charge in [0.15, 0.2) is 5.82 Å². The van der Waals surface area contributed by atoms with Crippen molar-refractivity contribution in [1.29, 1.82) is 0 Å². The van der Waals surface area contributed by atoms with Crippen LogP contribution in [0.25, 0.3) is 0 Å². The Kier molecular flexibility index (Phi) is 5.03. The van der Waals surface area contributed by atoms with Gasteiger partial charge in [0, 0.05) is 25.5 Å². The predicted octanol–water partition coefficient (Wildman–Crippen LogP) is 2.25. The zero-order valence-electron chi connectivity index (χ0n) is 13.2. The number of carbonyl (C=O) groups is 1. The van der Waals surface area contributed by atoms with Crippen molar-refractivity contribution in [1.82, 2.24) is 14.9 Å². The largest absolute Gasteiger partial charge is 0.425 e. The van der Waals surface area contributed by atoms with Gasteiger partial charge in [-0.1, -0.05) is 19.8 Å². The van der Waals surface area contributed by atoms with E-state index in [1.807, 2.05) is 6.92 Å². The molecule has 1 heterocycles. The molecule has 0 aliphatic heterocycles. The average molecular weight is 333 g/mol. The molecule has 8 heteroatoms. The molecular weight excluding hydrogens is 311 g/mol. The highest BCUT2D eigenvalue weighted by atomic mass is 19.4. The van der Waals surface area contributed by atoms with E-state index in [1.54, 1.807) is 0 Å². The van der Waals surface area contributed by atoms with Gasteiger partial charge in [0.2, 0.25) is 11.5 Å². The van der Waals surface area contributed by atoms with E-state index in [1.165, 1.54) is 13.2 Å². The Bertz CT molecular complexity index is 558. The highest BCUT2D eigenvalue weighted by molar-refractivity contribution is 5.77. The first-order valence-corrected chi connectivity index (χ1v) is 7.71. The summed E-state index contributed by atoms with van der Waals surface area (Å²) in [7, 11) is 1.35. The Morgan fingerprint density at radius 3 is 2.61 bits per heavy atom. The summed E-state index contributed by atoms with van der Waals surface area (Å²) >= 11 is 0. The van der Waals surface area contributed by atoms with Crippen LogP contribution in [-0.2, 0) is 17.4 Å². The van der Waals surface area contributed by atoms with Crippen LogP contribution >= 0.6 is 0 Å². The molecular formula is C15H22F3N3O2. The number of carbonyl (C=O) groups excluding carboxylic acids is 1. The maximum atomic E-state index is 13.4.